The monoisotopic (exact) mass is 389 g/mol. The van der Waals surface area contributed by atoms with E-state index in [1.807, 2.05) is 0 Å². The first kappa shape index (κ1) is 19.1. The van der Waals surface area contributed by atoms with E-state index in [0.29, 0.717) is 16.3 Å². The first-order valence-electron chi connectivity index (χ1n) is 6.90. The minimum absolute atomic E-state index is 0.248. The van der Waals surface area contributed by atoms with Crippen molar-refractivity contribution in [3.63, 3.8) is 0 Å². The van der Waals surface area contributed by atoms with Crippen LogP contribution in [0.1, 0.15) is 11.1 Å². The summed E-state index contributed by atoms with van der Waals surface area (Å²) >= 11 is 11.9. The van der Waals surface area contributed by atoms with E-state index in [-0.39, 0.29) is 10.7 Å². The maximum absolute atomic E-state index is 12.9. The molecule has 0 aromatic heterocycles. The molecule has 0 unspecified atom stereocenters. The molecule has 0 atom stereocenters. The summed E-state index contributed by atoms with van der Waals surface area (Å²) in [6, 6.07) is 7.69. The van der Waals surface area contributed by atoms with Crippen LogP contribution in [-0.4, -0.2) is 13.0 Å². The topological polar surface area (TPSA) is 38.3 Å². The number of nitrogens with one attached hydrogen (secondary N) is 1. The molecule has 0 saturated carbocycles. The first-order chi connectivity index (χ1) is 11.7. The molecular weight excluding hydrogens is 378 g/mol. The molecule has 2 rings (SSSR count). The molecule has 2 aromatic carbocycles. The van der Waals surface area contributed by atoms with E-state index in [2.05, 4.69) is 5.32 Å². The van der Waals surface area contributed by atoms with Crippen molar-refractivity contribution in [1.29, 1.82) is 0 Å². The standard InChI is InChI=1S/C17H12Cl2F3NO2/c1-25-16-10(8-11(18)9-13(16)19)6-7-15(24)23-14-5-3-2-4-12(14)17(20,21)22/h2-9H,1H3,(H,23,24)/b7-6+. The Morgan fingerprint density at radius 2 is 1.88 bits per heavy atom. The van der Waals surface area contributed by atoms with Crippen LogP contribution in [0.25, 0.3) is 6.08 Å². The molecule has 0 fully saturated rings. The quantitative estimate of drug-likeness (QED) is 0.683. The Morgan fingerprint density at radius 1 is 1.20 bits per heavy atom. The molecule has 0 bridgehead atoms. The minimum atomic E-state index is -4.57. The molecule has 25 heavy (non-hydrogen) atoms. The van der Waals surface area contributed by atoms with Gasteiger partial charge < -0.3 is 10.1 Å². The lowest BCUT2D eigenvalue weighted by Crippen LogP contribution is -2.14. The summed E-state index contributed by atoms with van der Waals surface area (Å²) in [5, 5.41) is 2.78. The zero-order valence-electron chi connectivity index (χ0n) is 12.8. The Labute approximate surface area is 152 Å². The van der Waals surface area contributed by atoms with E-state index in [1.54, 1.807) is 0 Å². The SMILES string of the molecule is COc1c(Cl)cc(Cl)cc1/C=C/C(=O)Nc1ccccc1C(F)(F)F. The van der Waals surface area contributed by atoms with Crippen LogP contribution in [-0.2, 0) is 11.0 Å². The van der Waals surface area contributed by atoms with Crippen LogP contribution >= 0.6 is 23.2 Å². The molecule has 0 spiro atoms. The fourth-order valence-electron chi connectivity index (χ4n) is 2.10. The lowest BCUT2D eigenvalue weighted by molar-refractivity contribution is -0.136. The van der Waals surface area contributed by atoms with Gasteiger partial charge in [0.25, 0.3) is 0 Å². The van der Waals surface area contributed by atoms with E-state index in [4.69, 9.17) is 27.9 Å². The normalized spacial score (nSPS) is 11.6. The molecule has 0 heterocycles. The molecule has 0 aliphatic carbocycles. The lowest BCUT2D eigenvalue weighted by Gasteiger charge is -2.12. The number of benzene rings is 2. The number of carbonyl (C=O) groups is 1. The number of rotatable bonds is 4. The van der Waals surface area contributed by atoms with Crippen LogP contribution in [0.4, 0.5) is 18.9 Å². The highest BCUT2D eigenvalue weighted by atomic mass is 35.5. The van der Waals surface area contributed by atoms with E-state index in [0.717, 1.165) is 12.1 Å². The van der Waals surface area contributed by atoms with Gasteiger partial charge in [-0.05, 0) is 30.3 Å². The lowest BCUT2D eigenvalue weighted by atomic mass is 10.1. The van der Waals surface area contributed by atoms with Gasteiger partial charge in [-0.15, -0.1) is 0 Å². The van der Waals surface area contributed by atoms with E-state index >= 15 is 0 Å². The second-order valence-corrected chi connectivity index (χ2v) is 5.72. The smallest absolute Gasteiger partial charge is 0.418 e. The van der Waals surface area contributed by atoms with Gasteiger partial charge in [-0.1, -0.05) is 35.3 Å². The number of alkyl halides is 3. The van der Waals surface area contributed by atoms with Gasteiger partial charge in [0.2, 0.25) is 5.91 Å². The van der Waals surface area contributed by atoms with Crippen LogP contribution in [0.5, 0.6) is 5.75 Å². The van der Waals surface area contributed by atoms with Gasteiger partial charge in [-0.2, -0.15) is 13.2 Å². The molecule has 8 heteroatoms. The van der Waals surface area contributed by atoms with Crippen LogP contribution in [0.3, 0.4) is 0 Å². The zero-order valence-corrected chi connectivity index (χ0v) is 14.3. The Kier molecular flexibility index (Phi) is 5.98. The van der Waals surface area contributed by atoms with E-state index in [9.17, 15) is 18.0 Å². The van der Waals surface area contributed by atoms with Crippen molar-refractivity contribution in [3.8, 4) is 5.75 Å². The third-order valence-electron chi connectivity index (χ3n) is 3.15. The maximum atomic E-state index is 12.9. The molecule has 2 aromatic rings. The Balaban J connectivity index is 2.24. The summed E-state index contributed by atoms with van der Waals surface area (Å²) in [4.78, 5) is 12.0. The summed E-state index contributed by atoms with van der Waals surface area (Å²) in [5.41, 5.74) is -0.847. The molecule has 0 saturated heterocycles. The third-order valence-corrected chi connectivity index (χ3v) is 3.64. The largest absolute Gasteiger partial charge is 0.495 e. The molecule has 0 aliphatic heterocycles. The average Bonchev–Trinajstić information content (AvgIpc) is 2.52. The highest BCUT2D eigenvalue weighted by Gasteiger charge is 2.33. The Bertz CT molecular complexity index is 820. The van der Waals surface area contributed by atoms with Crippen molar-refractivity contribution < 1.29 is 22.7 Å². The summed E-state index contributed by atoms with van der Waals surface area (Å²) in [6.45, 7) is 0. The number of hydrogen-bond acceptors (Lipinski definition) is 2. The van der Waals surface area contributed by atoms with Crippen molar-refractivity contribution in [1.82, 2.24) is 0 Å². The molecule has 132 valence electrons. The van der Waals surface area contributed by atoms with Crippen LogP contribution < -0.4 is 10.1 Å². The number of amides is 1. The molecule has 1 amide bonds. The number of hydrogen-bond donors (Lipinski definition) is 1. The molecule has 0 aliphatic rings. The van der Waals surface area contributed by atoms with Crippen LogP contribution in [0.2, 0.25) is 10.0 Å². The average molecular weight is 390 g/mol. The predicted molar refractivity (Wildman–Crippen MR) is 92.1 cm³/mol. The number of anilines is 1. The summed E-state index contributed by atoms with van der Waals surface area (Å²) in [6.07, 6.45) is -2.16. The van der Waals surface area contributed by atoms with Gasteiger partial charge >= 0.3 is 6.18 Å². The summed E-state index contributed by atoms with van der Waals surface area (Å²) < 4.78 is 43.9. The fraction of sp³-hybridized carbons (Fsp3) is 0.118. The van der Waals surface area contributed by atoms with Crippen molar-refractivity contribution in [2.45, 2.75) is 6.18 Å². The predicted octanol–water partition coefficient (Wildman–Crippen LogP) is 5.67. The number of para-hydroxylation sites is 1. The van der Waals surface area contributed by atoms with E-state index < -0.39 is 17.6 Å². The second kappa shape index (κ2) is 7.80. The van der Waals surface area contributed by atoms with Crippen molar-refractivity contribution in [2.24, 2.45) is 0 Å². The van der Waals surface area contributed by atoms with Gasteiger partial charge in [0, 0.05) is 16.7 Å². The highest BCUT2D eigenvalue weighted by molar-refractivity contribution is 6.36. The summed E-state index contributed by atoms with van der Waals surface area (Å²) in [7, 11) is 1.39. The number of halogens is 5. The second-order valence-electron chi connectivity index (χ2n) is 4.88. The van der Waals surface area contributed by atoms with Gasteiger partial charge in [0.1, 0.15) is 5.75 Å². The Morgan fingerprint density at radius 3 is 2.52 bits per heavy atom. The molecule has 0 radical (unpaired) electrons. The van der Waals surface area contributed by atoms with Gasteiger partial charge in [0.15, 0.2) is 0 Å². The highest BCUT2D eigenvalue weighted by Crippen LogP contribution is 2.35. The zero-order chi connectivity index (χ0) is 18.6. The fourth-order valence-corrected chi connectivity index (χ4v) is 2.68. The van der Waals surface area contributed by atoms with Gasteiger partial charge in [-0.3, -0.25) is 4.79 Å². The van der Waals surface area contributed by atoms with Gasteiger partial charge in [0.05, 0.1) is 23.4 Å². The first-order valence-corrected chi connectivity index (χ1v) is 7.66. The number of methoxy groups -OCH3 is 1. The van der Waals surface area contributed by atoms with Crippen LogP contribution in [0.15, 0.2) is 42.5 Å². The molecular formula is C17H12Cl2F3NO2. The molecule has 1 N–H and O–H groups in total. The van der Waals surface area contributed by atoms with Crippen molar-refractivity contribution in [3.05, 3.63) is 63.6 Å². The van der Waals surface area contributed by atoms with Crippen molar-refractivity contribution >= 4 is 40.9 Å². The van der Waals surface area contributed by atoms with Crippen LogP contribution in [0, 0.1) is 0 Å². The molecule has 3 nitrogen and oxygen atoms in total. The maximum Gasteiger partial charge on any atom is 0.418 e. The summed E-state index contributed by atoms with van der Waals surface area (Å²) in [5.74, 6) is -0.444. The number of carbonyl (C=O) groups excluding carboxylic acids is 1. The van der Waals surface area contributed by atoms with Crippen molar-refractivity contribution in [2.75, 3.05) is 12.4 Å². The van der Waals surface area contributed by atoms with E-state index in [1.165, 1.54) is 43.5 Å². The minimum Gasteiger partial charge on any atom is -0.495 e. The van der Waals surface area contributed by atoms with Gasteiger partial charge in [-0.25, -0.2) is 0 Å². The third kappa shape index (κ3) is 4.90. The Hall–Kier alpha value is -2.18. The number of ether oxygens (including phenoxy) is 1.